The van der Waals surface area contributed by atoms with Gasteiger partial charge >= 0.3 is 11.9 Å². The van der Waals surface area contributed by atoms with E-state index in [9.17, 15) is 24.6 Å². The maximum absolute atomic E-state index is 13.2. The molecule has 15 heteroatoms. The monoisotopic (exact) mass is 502 g/mol. The maximum Gasteiger partial charge on any atom is 0.347 e. The molecule has 0 aromatic heterocycles. The number of nitrogens with one attached hydrogen (secondary N) is 4. The molecular formula is C21H26N8O7+2. The number of hydrogen-bond acceptors (Lipinski definition) is 11. The fourth-order valence-electron chi connectivity index (χ4n) is 5.76. The SMILES string of the molecule is NC1=[NH+][C@H]2[C@H](CN3C(=O)CCC3=O)NC(N)=[N+]3CC(NC(=O)c4cccc5c4OCO5)C(O)(O)C23N1. The van der Waals surface area contributed by atoms with E-state index in [1.807, 2.05) is 0 Å². The maximum atomic E-state index is 13.2. The van der Waals surface area contributed by atoms with Crippen molar-refractivity contribution in [3.63, 3.8) is 0 Å². The molecule has 5 aliphatic heterocycles. The van der Waals surface area contributed by atoms with Gasteiger partial charge in [-0.15, -0.1) is 0 Å². The third-order valence-electron chi connectivity index (χ3n) is 7.43. The smallest absolute Gasteiger partial charge is 0.347 e. The minimum Gasteiger partial charge on any atom is -0.454 e. The normalized spacial score (nSPS) is 31.6. The molecule has 15 nitrogen and oxygen atoms in total. The number of ether oxygens (including phenoxy) is 2. The van der Waals surface area contributed by atoms with Gasteiger partial charge in [-0.25, -0.2) is 9.89 Å². The predicted octanol–water partition coefficient (Wildman–Crippen LogP) is -6.28. The highest BCUT2D eigenvalue weighted by molar-refractivity contribution is 6.02. The van der Waals surface area contributed by atoms with Crippen LogP contribution in [-0.2, 0) is 9.59 Å². The number of para-hydroxylation sites is 1. The number of nitrogens with two attached hydrogens (primary N) is 2. The first-order valence-corrected chi connectivity index (χ1v) is 11.4. The topological polar surface area (TPSA) is 218 Å². The van der Waals surface area contributed by atoms with Crippen molar-refractivity contribution in [1.82, 2.24) is 20.9 Å². The van der Waals surface area contributed by atoms with E-state index in [1.54, 1.807) is 12.1 Å². The average molecular weight is 502 g/mol. The van der Waals surface area contributed by atoms with Crippen LogP contribution in [0.2, 0.25) is 0 Å². The molecular weight excluding hydrogens is 476 g/mol. The van der Waals surface area contributed by atoms with Gasteiger partial charge in [-0.3, -0.25) is 41.1 Å². The van der Waals surface area contributed by atoms with E-state index in [2.05, 4.69) is 20.9 Å². The molecule has 1 spiro atoms. The lowest BCUT2D eigenvalue weighted by atomic mass is 9.85. The van der Waals surface area contributed by atoms with Gasteiger partial charge in [0.2, 0.25) is 18.6 Å². The molecule has 2 unspecified atom stereocenters. The number of imide groups is 1. The van der Waals surface area contributed by atoms with Gasteiger partial charge in [0.05, 0.1) is 18.7 Å². The second-order valence-corrected chi connectivity index (χ2v) is 9.36. The molecule has 0 bridgehead atoms. The van der Waals surface area contributed by atoms with Gasteiger partial charge in [0.25, 0.3) is 17.4 Å². The van der Waals surface area contributed by atoms with Crippen LogP contribution in [-0.4, -0.2) is 98.8 Å². The lowest BCUT2D eigenvalue weighted by Gasteiger charge is -2.41. The van der Waals surface area contributed by atoms with Crippen LogP contribution in [0.5, 0.6) is 11.5 Å². The van der Waals surface area contributed by atoms with Gasteiger partial charge in [0.1, 0.15) is 12.1 Å². The molecule has 10 N–H and O–H groups in total. The van der Waals surface area contributed by atoms with Crippen LogP contribution in [0, 0.1) is 0 Å². The van der Waals surface area contributed by atoms with E-state index >= 15 is 0 Å². The van der Waals surface area contributed by atoms with Gasteiger partial charge in [-0.05, 0) is 12.1 Å². The minimum atomic E-state index is -2.61. The summed E-state index contributed by atoms with van der Waals surface area (Å²) in [7, 11) is 0. The lowest BCUT2D eigenvalue weighted by molar-refractivity contribution is -0.674. The first kappa shape index (κ1) is 22.4. The van der Waals surface area contributed by atoms with Crippen molar-refractivity contribution in [2.24, 2.45) is 11.5 Å². The van der Waals surface area contributed by atoms with E-state index in [0.29, 0.717) is 5.75 Å². The fraction of sp³-hybridized carbons (Fsp3) is 0.476. The quantitative estimate of drug-likeness (QED) is 0.110. The van der Waals surface area contributed by atoms with E-state index in [1.165, 1.54) is 10.6 Å². The number of amides is 3. The Balaban J connectivity index is 1.33. The van der Waals surface area contributed by atoms with Crippen LogP contribution < -0.4 is 41.9 Å². The molecule has 36 heavy (non-hydrogen) atoms. The molecule has 2 fully saturated rings. The summed E-state index contributed by atoms with van der Waals surface area (Å²) >= 11 is 0. The Morgan fingerprint density at radius 2 is 2.00 bits per heavy atom. The summed E-state index contributed by atoms with van der Waals surface area (Å²) in [5, 5.41) is 31.7. The summed E-state index contributed by atoms with van der Waals surface area (Å²) in [6, 6.07) is 1.99. The highest BCUT2D eigenvalue weighted by Gasteiger charge is 2.78. The van der Waals surface area contributed by atoms with Crippen LogP contribution in [0.1, 0.15) is 23.2 Å². The van der Waals surface area contributed by atoms with Gasteiger partial charge in [-0.1, -0.05) is 6.07 Å². The summed E-state index contributed by atoms with van der Waals surface area (Å²) in [6.07, 6.45) is 0.227. The molecule has 2 saturated heterocycles. The van der Waals surface area contributed by atoms with Crippen LogP contribution in [0.4, 0.5) is 0 Å². The third kappa shape index (κ3) is 2.89. The molecule has 5 heterocycles. The standard InChI is InChI=1S/C21H24N8O7/c22-18-26-16-10(6-28-13(30)4-5-14(28)31)24-19(23)29-7-12(21(33,34)20(16,29)27-18)25-17(32)9-2-1-3-11-15(9)36-8-35-11/h1-3,10,12,16,33-34H,4-8H2,(H6,22,23,24,25,26,27,32)/p+2/t10-,12?,16-,20?/m0/s1. The van der Waals surface area contributed by atoms with Crippen LogP contribution in [0.15, 0.2) is 18.2 Å². The summed E-state index contributed by atoms with van der Waals surface area (Å²) in [5.41, 5.74) is 10.8. The molecule has 5 aliphatic rings. The Morgan fingerprint density at radius 1 is 1.25 bits per heavy atom. The highest BCUT2D eigenvalue weighted by atomic mass is 16.7. The van der Waals surface area contributed by atoms with E-state index in [4.69, 9.17) is 20.9 Å². The third-order valence-corrected chi connectivity index (χ3v) is 7.43. The van der Waals surface area contributed by atoms with Crippen molar-refractivity contribution in [2.75, 3.05) is 19.9 Å². The molecule has 6 rings (SSSR count). The number of carbonyl (C=O) groups is 3. The number of hydrogen-bond donors (Lipinski definition) is 8. The molecule has 4 atom stereocenters. The van der Waals surface area contributed by atoms with Crippen molar-refractivity contribution in [3.8, 4) is 11.5 Å². The number of benzene rings is 1. The first-order chi connectivity index (χ1) is 17.1. The zero-order valence-electron chi connectivity index (χ0n) is 19.0. The number of fused-ring (bicyclic) bond motifs is 1. The zero-order chi connectivity index (χ0) is 25.4. The number of guanidine groups is 2. The lowest BCUT2D eigenvalue weighted by Crippen LogP contribution is -2.92. The Bertz CT molecular complexity index is 1250. The molecule has 1 aromatic carbocycles. The van der Waals surface area contributed by atoms with Crippen LogP contribution in [0.3, 0.4) is 0 Å². The summed E-state index contributed by atoms with van der Waals surface area (Å²) in [4.78, 5) is 41.7. The van der Waals surface area contributed by atoms with Crippen LogP contribution >= 0.6 is 0 Å². The Labute approximate surface area is 203 Å². The molecule has 0 saturated carbocycles. The molecule has 0 aliphatic carbocycles. The van der Waals surface area contributed by atoms with Crippen molar-refractivity contribution < 1.29 is 43.6 Å². The summed E-state index contributed by atoms with van der Waals surface area (Å²) < 4.78 is 12.2. The molecule has 0 radical (unpaired) electrons. The molecule has 190 valence electrons. The van der Waals surface area contributed by atoms with Crippen LogP contribution in [0.25, 0.3) is 0 Å². The van der Waals surface area contributed by atoms with E-state index < -0.39 is 35.5 Å². The van der Waals surface area contributed by atoms with Crippen molar-refractivity contribution >= 4 is 29.6 Å². The minimum absolute atomic E-state index is 0.0309. The van der Waals surface area contributed by atoms with Crippen molar-refractivity contribution in [3.05, 3.63) is 23.8 Å². The number of nitrogens with zero attached hydrogens (tertiary/aromatic N) is 2. The van der Waals surface area contributed by atoms with E-state index in [-0.39, 0.29) is 67.8 Å². The number of likely N-dealkylation sites (tertiary alicyclic amines) is 1. The molecule has 3 amide bonds. The average Bonchev–Trinajstić information content (AvgIpc) is 3.57. The van der Waals surface area contributed by atoms with E-state index in [0.717, 1.165) is 4.90 Å². The van der Waals surface area contributed by atoms with Gasteiger partial charge < -0.3 is 25.0 Å². The Kier molecular flexibility index (Phi) is 4.62. The predicted molar refractivity (Wildman–Crippen MR) is 118 cm³/mol. The van der Waals surface area contributed by atoms with Crippen molar-refractivity contribution in [1.29, 1.82) is 0 Å². The largest absolute Gasteiger partial charge is 0.454 e. The van der Waals surface area contributed by atoms with Gasteiger partial charge in [-0.2, -0.15) is 0 Å². The molecule has 1 aromatic rings. The summed E-state index contributed by atoms with van der Waals surface area (Å²) in [6.45, 7) is -0.200. The zero-order valence-corrected chi connectivity index (χ0v) is 19.0. The van der Waals surface area contributed by atoms with Gasteiger partial charge in [0, 0.05) is 12.8 Å². The fourth-order valence-corrected chi connectivity index (χ4v) is 5.76. The van der Waals surface area contributed by atoms with Gasteiger partial charge in [0.15, 0.2) is 17.5 Å². The van der Waals surface area contributed by atoms with Crippen molar-refractivity contribution in [2.45, 2.75) is 42.4 Å². The number of aliphatic hydroxyl groups is 2. The summed E-state index contributed by atoms with van der Waals surface area (Å²) in [5.74, 6) is -3.10. The Hall–Kier alpha value is -4.11. The number of carbonyl (C=O) groups excluding carboxylic acids is 3. The Morgan fingerprint density at radius 3 is 2.75 bits per heavy atom. The number of rotatable bonds is 4. The second kappa shape index (κ2) is 7.44. The second-order valence-electron chi connectivity index (χ2n) is 9.36. The first-order valence-electron chi connectivity index (χ1n) is 11.4. The highest BCUT2D eigenvalue weighted by Crippen LogP contribution is 2.39.